The Kier molecular flexibility index (Phi) is 5.40. The number of hydrogen-bond acceptors (Lipinski definition) is 3. The molecule has 0 saturated carbocycles. The first kappa shape index (κ1) is 15.7. The second-order valence-electron chi connectivity index (χ2n) is 3.43. The van der Waals surface area contributed by atoms with Gasteiger partial charge in [0.05, 0.1) is 4.90 Å². The first-order valence-corrected chi connectivity index (χ1v) is 6.58. The van der Waals surface area contributed by atoms with E-state index in [1.54, 1.807) is 36.4 Å². The molecule has 0 unspecified atom stereocenters. The van der Waals surface area contributed by atoms with Crippen LogP contribution < -0.4 is 29.6 Å². The summed E-state index contributed by atoms with van der Waals surface area (Å²) < 4.78 is 33.5. The predicted octanol–water partition coefficient (Wildman–Crippen LogP) is -0.0849. The Labute approximate surface area is 133 Å². The van der Waals surface area contributed by atoms with Crippen molar-refractivity contribution in [3.8, 4) is 11.1 Å². The molecule has 0 atom stereocenters. The molecule has 0 fully saturated rings. The molecule has 88 valence electrons. The zero-order chi connectivity index (χ0) is 12.5. The molecular formula is C12H8ClNaO3S. The molecule has 0 heterocycles. The Hall–Kier alpha value is -0.360. The van der Waals surface area contributed by atoms with Crippen LogP contribution in [0, 0.1) is 0 Å². The van der Waals surface area contributed by atoms with Gasteiger partial charge in [0.2, 0.25) is 0 Å². The largest absolute Gasteiger partial charge is 1.00 e. The van der Waals surface area contributed by atoms with E-state index in [2.05, 4.69) is 0 Å². The average Bonchev–Trinajstić information content (AvgIpc) is 2.28. The van der Waals surface area contributed by atoms with E-state index in [0.717, 1.165) is 0 Å². The van der Waals surface area contributed by atoms with Crippen LogP contribution in [0.5, 0.6) is 0 Å². The second-order valence-corrected chi connectivity index (χ2v) is 5.19. The van der Waals surface area contributed by atoms with Crippen LogP contribution >= 0.6 is 11.6 Å². The standard InChI is InChI=1S/C12H9ClO3S.Na/c13-10-7-4-8-11(17(14,15)16)12(10)9-5-2-1-3-6-9;/h1-8H,(H,14,15,16);/q;+1/p-1. The summed E-state index contributed by atoms with van der Waals surface area (Å²) in [7, 11) is -4.54. The van der Waals surface area contributed by atoms with Gasteiger partial charge >= 0.3 is 29.6 Å². The Bertz CT molecular complexity index is 642. The summed E-state index contributed by atoms with van der Waals surface area (Å²) in [5, 5.41) is 0.244. The molecule has 0 saturated heterocycles. The molecule has 2 aromatic carbocycles. The van der Waals surface area contributed by atoms with Gasteiger partial charge in [0, 0.05) is 10.6 Å². The predicted molar refractivity (Wildman–Crippen MR) is 64.9 cm³/mol. The van der Waals surface area contributed by atoms with E-state index in [0.29, 0.717) is 5.56 Å². The van der Waals surface area contributed by atoms with E-state index in [9.17, 15) is 13.0 Å². The summed E-state index contributed by atoms with van der Waals surface area (Å²) in [6.07, 6.45) is 0. The normalized spacial score (nSPS) is 10.8. The zero-order valence-electron chi connectivity index (χ0n) is 9.63. The smallest absolute Gasteiger partial charge is 0.744 e. The molecule has 0 aromatic heterocycles. The fraction of sp³-hybridized carbons (Fsp3) is 0. The summed E-state index contributed by atoms with van der Waals surface area (Å²) in [6.45, 7) is 0. The van der Waals surface area contributed by atoms with Crippen molar-refractivity contribution >= 4 is 21.7 Å². The van der Waals surface area contributed by atoms with Crippen LogP contribution in [0.3, 0.4) is 0 Å². The second kappa shape index (κ2) is 6.19. The first-order chi connectivity index (χ1) is 8.00. The molecule has 2 aromatic rings. The van der Waals surface area contributed by atoms with E-state index in [-0.39, 0.29) is 45.0 Å². The summed E-state index contributed by atoms with van der Waals surface area (Å²) in [6, 6.07) is 13.0. The minimum atomic E-state index is -4.54. The molecule has 18 heavy (non-hydrogen) atoms. The molecular weight excluding hydrogens is 283 g/mol. The Morgan fingerprint density at radius 1 is 0.944 bits per heavy atom. The van der Waals surface area contributed by atoms with Crippen LogP contribution in [-0.4, -0.2) is 13.0 Å². The van der Waals surface area contributed by atoms with Crippen molar-refractivity contribution in [2.24, 2.45) is 0 Å². The van der Waals surface area contributed by atoms with Crippen LogP contribution in [0.2, 0.25) is 5.02 Å². The van der Waals surface area contributed by atoms with Gasteiger partial charge in [0.15, 0.2) is 0 Å². The molecule has 3 nitrogen and oxygen atoms in total. The molecule has 0 aliphatic carbocycles. The molecule has 6 heteroatoms. The van der Waals surface area contributed by atoms with E-state index in [4.69, 9.17) is 11.6 Å². The van der Waals surface area contributed by atoms with E-state index in [1.165, 1.54) is 12.1 Å². The van der Waals surface area contributed by atoms with Gasteiger partial charge in [-0.1, -0.05) is 48.0 Å². The fourth-order valence-corrected chi connectivity index (χ4v) is 2.66. The molecule has 0 spiro atoms. The number of hydrogen-bond donors (Lipinski definition) is 0. The average molecular weight is 291 g/mol. The first-order valence-electron chi connectivity index (χ1n) is 4.80. The van der Waals surface area contributed by atoms with E-state index in [1.807, 2.05) is 0 Å². The van der Waals surface area contributed by atoms with Gasteiger partial charge in [-0.3, -0.25) is 0 Å². The molecule has 2 rings (SSSR count). The summed E-state index contributed by atoms with van der Waals surface area (Å²) in [4.78, 5) is -0.295. The van der Waals surface area contributed by atoms with Crippen LogP contribution in [0.4, 0.5) is 0 Å². The maximum Gasteiger partial charge on any atom is 1.00 e. The minimum Gasteiger partial charge on any atom is -0.744 e. The van der Waals surface area contributed by atoms with Crippen LogP contribution in [0.25, 0.3) is 11.1 Å². The van der Waals surface area contributed by atoms with Crippen molar-refractivity contribution in [2.45, 2.75) is 4.90 Å². The van der Waals surface area contributed by atoms with Crippen molar-refractivity contribution in [3.63, 3.8) is 0 Å². The van der Waals surface area contributed by atoms with Gasteiger partial charge in [0.1, 0.15) is 10.1 Å². The fourth-order valence-electron chi connectivity index (χ4n) is 1.60. The van der Waals surface area contributed by atoms with Crippen LogP contribution in [-0.2, 0) is 10.1 Å². The Balaban J connectivity index is 0.00000162. The van der Waals surface area contributed by atoms with Crippen molar-refractivity contribution in [3.05, 3.63) is 53.6 Å². The van der Waals surface area contributed by atoms with Gasteiger partial charge in [-0.2, -0.15) is 0 Å². The van der Waals surface area contributed by atoms with Gasteiger partial charge in [-0.05, 0) is 17.7 Å². The SMILES string of the molecule is O=S(=O)([O-])c1cccc(Cl)c1-c1ccccc1.[Na+]. The van der Waals surface area contributed by atoms with Crippen molar-refractivity contribution in [1.29, 1.82) is 0 Å². The molecule has 0 amide bonds. The summed E-state index contributed by atoms with van der Waals surface area (Å²) >= 11 is 5.97. The quantitative estimate of drug-likeness (QED) is 0.574. The summed E-state index contributed by atoms with van der Waals surface area (Å²) in [5.41, 5.74) is 0.859. The third-order valence-corrected chi connectivity index (χ3v) is 3.50. The Morgan fingerprint density at radius 3 is 2.11 bits per heavy atom. The van der Waals surface area contributed by atoms with E-state index >= 15 is 0 Å². The monoisotopic (exact) mass is 290 g/mol. The maximum absolute atomic E-state index is 11.2. The zero-order valence-corrected chi connectivity index (χ0v) is 13.2. The molecule has 0 aliphatic heterocycles. The van der Waals surface area contributed by atoms with E-state index < -0.39 is 10.1 Å². The number of benzene rings is 2. The van der Waals surface area contributed by atoms with Crippen LogP contribution in [0.1, 0.15) is 0 Å². The van der Waals surface area contributed by atoms with Crippen LogP contribution in [0.15, 0.2) is 53.4 Å². The number of rotatable bonds is 2. The third kappa shape index (κ3) is 3.35. The Morgan fingerprint density at radius 2 is 1.56 bits per heavy atom. The van der Waals surface area contributed by atoms with Gasteiger partial charge in [-0.25, -0.2) is 8.42 Å². The molecule has 0 bridgehead atoms. The van der Waals surface area contributed by atoms with Gasteiger partial charge in [-0.15, -0.1) is 0 Å². The third-order valence-electron chi connectivity index (χ3n) is 2.31. The maximum atomic E-state index is 11.2. The summed E-state index contributed by atoms with van der Waals surface area (Å²) in [5.74, 6) is 0. The van der Waals surface area contributed by atoms with Crippen molar-refractivity contribution in [1.82, 2.24) is 0 Å². The van der Waals surface area contributed by atoms with Gasteiger partial charge < -0.3 is 4.55 Å². The molecule has 0 radical (unpaired) electrons. The topological polar surface area (TPSA) is 57.2 Å². The minimum absolute atomic E-state index is 0. The van der Waals surface area contributed by atoms with Crippen molar-refractivity contribution in [2.75, 3.05) is 0 Å². The van der Waals surface area contributed by atoms with Crippen molar-refractivity contribution < 1.29 is 42.5 Å². The molecule has 0 aliphatic rings. The van der Waals surface area contributed by atoms with Gasteiger partial charge in [0.25, 0.3) is 0 Å². The molecule has 0 N–H and O–H groups in total. The number of halogens is 1.